The van der Waals surface area contributed by atoms with E-state index in [0.29, 0.717) is 34.0 Å². The first-order chi connectivity index (χ1) is 11.6. The van der Waals surface area contributed by atoms with E-state index in [1.165, 1.54) is 24.6 Å². The van der Waals surface area contributed by atoms with Gasteiger partial charge in [0.15, 0.2) is 16.8 Å². The van der Waals surface area contributed by atoms with Gasteiger partial charge in [-0.2, -0.15) is 0 Å². The first-order valence-electron chi connectivity index (χ1n) is 8.40. The summed E-state index contributed by atoms with van der Waals surface area (Å²) in [7, 11) is 0. The van der Waals surface area contributed by atoms with Crippen LogP contribution < -0.4 is 0 Å². The molecule has 0 radical (unpaired) electrons. The molecule has 4 rings (SSSR count). The number of H-pyrrole nitrogens is 1. The second kappa shape index (κ2) is 6.35. The van der Waals surface area contributed by atoms with Crippen molar-refractivity contribution in [3.05, 3.63) is 23.8 Å². The van der Waals surface area contributed by atoms with E-state index in [9.17, 15) is 13.6 Å². The Hall–Kier alpha value is -1.63. The topological polar surface area (TPSA) is 49.0 Å². The van der Waals surface area contributed by atoms with Crippen molar-refractivity contribution in [1.29, 1.82) is 0 Å². The molecular formula is C17H19F2N3OS. The fourth-order valence-electron chi connectivity index (χ4n) is 3.50. The van der Waals surface area contributed by atoms with Crippen LogP contribution in [-0.2, 0) is 4.79 Å². The molecule has 7 heteroatoms. The number of halogens is 2. The molecule has 0 unspecified atom stereocenters. The number of aromatic amines is 1. The van der Waals surface area contributed by atoms with Crippen LogP contribution in [0.5, 0.6) is 0 Å². The second-order valence-electron chi connectivity index (χ2n) is 6.58. The van der Waals surface area contributed by atoms with Crippen molar-refractivity contribution in [3.63, 3.8) is 0 Å². The minimum absolute atomic E-state index is 0.146. The van der Waals surface area contributed by atoms with Gasteiger partial charge in [0.2, 0.25) is 5.91 Å². The van der Waals surface area contributed by atoms with E-state index in [-0.39, 0.29) is 5.91 Å². The summed E-state index contributed by atoms with van der Waals surface area (Å²) in [5, 5.41) is 0.519. The van der Waals surface area contributed by atoms with Gasteiger partial charge in [0, 0.05) is 24.2 Å². The zero-order valence-electron chi connectivity index (χ0n) is 13.2. The van der Waals surface area contributed by atoms with Crippen LogP contribution in [0.1, 0.15) is 38.5 Å². The summed E-state index contributed by atoms with van der Waals surface area (Å²) in [5.74, 6) is -1.37. The predicted octanol–water partition coefficient (Wildman–Crippen LogP) is 3.87. The number of rotatable bonds is 5. The zero-order valence-corrected chi connectivity index (χ0v) is 14.0. The number of aromatic nitrogens is 2. The Morgan fingerprint density at radius 1 is 1.17 bits per heavy atom. The maximum Gasteiger partial charge on any atom is 0.233 e. The van der Waals surface area contributed by atoms with E-state index in [0.717, 1.165) is 37.8 Å². The van der Waals surface area contributed by atoms with E-state index in [2.05, 4.69) is 14.9 Å². The molecule has 1 N–H and O–H groups in total. The summed E-state index contributed by atoms with van der Waals surface area (Å²) in [5.41, 5.74) is 0.817. The van der Waals surface area contributed by atoms with Crippen molar-refractivity contribution in [3.8, 4) is 0 Å². The molecule has 1 amide bonds. The van der Waals surface area contributed by atoms with E-state index in [1.807, 2.05) is 0 Å². The standard InChI is InChI=1S/C17H19F2N3OS/c18-12-7-14-15(8-13(12)19)21-17(20-14)24-9-16(23)22(11-5-6-11)10-3-1-2-4-10/h7-8,10-11H,1-6,9H2,(H,20,21). The number of amides is 1. The van der Waals surface area contributed by atoms with Crippen molar-refractivity contribution in [1.82, 2.24) is 14.9 Å². The molecule has 0 saturated heterocycles. The molecule has 1 heterocycles. The number of thioether (sulfide) groups is 1. The Morgan fingerprint density at radius 2 is 1.83 bits per heavy atom. The average molecular weight is 351 g/mol. The zero-order chi connectivity index (χ0) is 16.7. The third-order valence-corrected chi connectivity index (χ3v) is 5.64. The molecule has 0 atom stereocenters. The van der Waals surface area contributed by atoms with Crippen molar-refractivity contribution in [2.75, 3.05) is 5.75 Å². The van der Waals surface area contributed by atoms with Crippen LogP contribution in [0.3, 0.4) is 0 Å². The summed E-state index contributed by atoms with van der Waals surface area (Å²) in [6.45, 7) is 0. The minimum atomic E-state index is -0.914. The van der Waals surface area contributed by atoms with E-state index in [1.54, 1.807) is 0 Å². The van der Waals surface area contributed by atoms with Crippen LogP contribution in [0.15, 0.2) is 17.3 Å². The fraction of sp³-hybridized carbons (Fsp3) is 0.529. The molecule has 1 aromatic heterocycles. The van der Waals surface area contributed by atoms with Gasteiger partial charge < -0.3 is 9.88 Å². The number of hydrogen-bond donors (Lipinski definition) is 1. The summed E-state index contributed by atoms with van der Waals surface area (Å²) in [4.78, 5) is 21.9. The van der Waals surface area contributed by atoms with Crippen molar-refractivity contribution < 1.29 is 13.6 Å². The molecule has 0 bridgehead atoms. The smallest absolute Gasteiger partial charge is 0.233 e. The predicted molar refractivity (Wildman–Crippen MR) is 88.9 cm³/mol. The van der Waals surface area contributed by atoms with Crippen molar-refractivity contribution in [2.45, 2.75) is 55.8 Å². The largest absolute Gasteiger partial charge is 0.336 e. The molecule has 2 aliphatic rings. The molecule has 4 nitrogen and oxygen atoms in total. The van der Waals surface area contributed by atoms with Gasteiger partial charge in [-0.1, -0.05) is 24.6 Å². The molecular weight excluding hydrogens is 332 g/mol. The van der Waals surface area contributed by atoms with Gasteiger partial charge in [0.1, 0.15) is 0 Å². The maximum atomic E-state index is 13.3. The highest BCUT2D eigenvalue weighted by atomic mass is 32.2. The molecule has 2 fully saturated rings. The molecule has 24 heavy (non-hydrogen) atoms. The second-order valence-corrected chi connectivity index (χ2v) is 7.55. The summed E-state index contributed by atoms with van der Waals surface area (Å²) >= 11 is 1.30. The van der Waals surface area contributed by atoms with Gasteiger partial charge in [-0.05, 0) is 25.7 Å². The number of nitrogens with zero attached hydrogens (tertiary/aromatic N) is 2. The quantitative estimate of drug-likeness (QED) is 0.832. The third kappa shape index (κ3) is 3.14. The number of fused-ring (bicyclic) bond motifs is 1. The van der Waals surface area contributed by atoms with Gasteiger partial charge >= 0.3 is 0 Å². The Kier molecular flexibility index (Phi) is 4.20. The molecule has 2 aromatic rings. The Balaban J connectivity index is 1.44. The molecule has 0 spiro atoms. The first-order valence-corrected chi connectivity index (χ1v) is 9.39. The van der Waals surface area contributed by atoms with Gasteiger partial charge in [-0.25, -0.2) is 13.8 Å². The number of hydrogen-bond acceptors (Lipinski definition) is 3. The molecule has 2 aliphatic carbocycles. The van der Waals surface area contributed by atoms with Crippen molar-refractivity contribution in [2.24, 2.45) is 0 Å². The van der Waals surface area contributed by atoms with E-state index >= 15 is 0 Å². The Labute approximate surface area is 143 Å². The fourth-order valence-corrected chi connectivity index (χ4v) is 4.25. The normalized spacial score (nSPS) is 18.4. The van der Waals surface area contributed by atoms with Gasteiger partial charge in [0.05, 0.1) is 16.8 Å². The lowest BCUT2D eigenvalue weighted by Crippen LogP contribution is -2.41. The van der Waals surface area contributed by atoms with E-state index < -0.39 is 11.6 Å². The number of nitrogens with one attached hydrogen (secondary N) is 1. The molecule has 1 aromatic carbocycles. The lowest BCUT2D eigenvalue weighted by molar-refractivity contribution is -0.131. The van der Waals surface area contributed by atoms with Crippen LogP contribution in [0.4, 0.5) is 8.78 Å². The summed E-state index contributed by atoms with van der Waals surface area (Å²) < 4.78 is 26.5. The monoisotopic (exact) mass is 351 g/mol. The highest BCUT2D eigenvalue weighted by Gasteiger charge is 2.38. The highest BCUT2D eigenvalue weighted by molar-refractivity contribution is 7.99. The lowest BCUT2D eigenvalue weighted by atomic mass is 10.2. The Morgan fingerprint density at radius 3 is 2.54 bits per heavy atom. The number of imidazole rings is 1. The summed E-state index contributed by atoms with van der Waals surface area (Å²) in [6, 6.07) is 2.98. The van der Waals surface area contributed by atoms with E-state index in [4.69, 9.17) is 0 Å². The number of benzene rings is 1. The van der Waals surface area contributed by atoms with Crippen LogP contribution in [0.25, 0.3) is 11.0 Å². The molecule has 128 valence electrons. The molecule has 2 saturated carbocycles. The van der Waals surface area contributed by atoms with Crippen LogP contribution in [-0.4, -0.2) is 38.6 Å². The summed E-state index contributed by atoms with van der Waals surface area (Å²) in [6.07, 6.45) is 6.84. The van der Waals surface area contributed by atoms with Gasteiger partial charge in [-0.3, -0.25) is 4.79 Å². The van der Waals surface area contributed by atoms with Gasteiger partial charge in [0.25, 0.3) is 0 Å². The SMILES string of the molecule is O=C(CSc1nc2cc(F)c(F)cc2[nH]1)N(C1CCCC1)C1CC1. The van der Waals surface area contributed by atoms with Crippen LogP contribution >= 0.6 is 11.8 Å². The molecule has 0 aliphatic heterocycles. The van der Waals surface area contributed by atoms with Crippen LogP contribution in [0.2, 0.25) is 0 Å². The highest BCUT2D eigenvalue weighted by Crippen LogP contribution is 2.35. The third-order valence-electron chi connectivity index (χ3n) is 4.78. The maximum absolute atomic E-state index is 13.3. The average Bonchev–Trinajstić information content (AvgIpc) is 3.07. The number of carbonyl (C=O) groups is 1. The lowest BCUT2D eigenvalue weighted by Gasteiger charge is -2.29. The number of carbonyl (C=O) groups excluding carboxylic acids is 1. The Bertz CT molecular complexity index is 730. The minimum Gasteiger partial charge on any atom is -0.336 e. The van der Waals surface area contributed by atoms with Crippen LogP contribution in [0, 0.1) is 11.6 Å². The van der Waals surface area contributed by atoms with Gasteiger partial charge in [-0.15, -0.1) is 0 Å². The first kappa shape index (κ1) is 15.9. The van der Waals surface area contributed by atoms with Crippen molar-refractivity contribution >= 4 is 28.7 Å².